The Morgan fingerprint density at radius 2 is 1.69 bits per heavy atom. The number of hydrogen-bond acceptors (Lipinski definition) is 10. The molecule has 17 heteroatoms. The summed E-state index contributed by atoms with van der Waals surface area (Å²) in [5, 5.41) is 18.4. The Kier molecular flexibility index (Phi) is 10.1. The Labute approximate surface area is 240 Å². The van der Waals surface area contributed by atoms with Crippen LogP contribution in [0.15, 0.2) is 6.33 Å². The first-order valence-electron chi connectivity index (χ1n) is 13.3. The van der Waals surface area contributed by atoms with Crippen molar-refractivity contribution in [2.24, 2.45) is 0 Å². The molecule has 3 heterocycles. The molecule has 2 aromatic heterocycles. The number of hydrazine groups is 1. The zero-order chi connectivity index (χ0) is 31.2. The molecule has 0 radical (unpaired) electrons. The number of nitrogens with zero attached hydrogens (tertiary/aromatic N) is 8. The Hall–Kier alpha value is -4.20. The van der Waals surface area contributed by atoms with Crippen LogP contribution in [0.2, 0.25) is 0 Å². The van der Waals surface area contributed by atoms with Crippen LogP contribution in [0, 0.1) is 11.3 Å². The number of piperazine rings is 1. The number of carbonyl (C=O) groups excluding carboxylic acids is 2. The lowest BCUT2D eigenvalue weighted by Gasteiger charge is -2.35. The van der Waals surface area contributed by atoms with Crippen molar-refractivity contribution in [3.05, 3.63) is 12.2 Å². The maximum atomic E-state index is 13.3. The van der Waals surface area contributed by atoms with Crippen molar-refractivity contribution >= 4 is 35.1 Å². The second-order valence-electron chi connectivity index (χ2n) is 10.9. The Morgan fingerprint density at radius 1 is 1.10 bits per heavy atom. The molecular weight excluding hydrogens is 563 g/mol. The van der Waals surface area contributed by atoms with Gasteiger partial charge in [-0.2, -0.15) is 28.4 Å². The number of likely N-dealkylation sites (N-methyl/N-ethyl adjacent to an activating group) is 1. The molecular formula is C25H34F3N9O5. The number of rotatable bonds is 3. The van der Waals surface area contributed by atoms with E-state index >= 15 is 0 Å². The number of nitriles is 1. The molecule has 42 heavy (non-hydrogen) atoms. The summed E-state index contributed by atoms with van der Waals surface area (Å²) in [5.41, 5.74) is 2.73. The molecule has 1 saturated heterocycles. The van der Waals surface area contributed by atoms with Crippen molar-refractivity contribution in [2.45, 2.75) is 70.7 Å². The minimum absolute atomic E-state index is 0.0561. The molecule has 0 unspecified atom stereocenters. The van der Waals surface area contributed by atoms with Crippen LogP contribution in [0.1, 0.15) is 58.7 Å². The molecule has 1 aliphatic heterocycles. The highest BCUT2D eigenvalue weighted by molar-refractivity contribution is 5.92. The van der Waals surface area contributed by atoms with Gasteiger partial charge < -0.3 is 19.6 Å². The van der Waals surface area contributed by atoms with Crippen LogP contribution in [0.5, 0.6) is 0 Å². The topological polar surface area (TPSA) is 170 Å². The predicted octanol–water partition coefficient (Wildman–Crippen LogP) is 3.13. The molecule has 2 fully saturated rings. The van der Waals surface area contributed by atoms with E-state index in [1.54, 1.807) is 30.7 Å². The molecule has 0 atom stereocenters. The first-order chi connectivity index (χ1) is 19.6. The van der Waals surface area contributed by atoms with E-state index in [1.165, 1.54) is 10.9 Å². The number of alkyl halides is 3. The number of ether oxygens (including phenoxy) is 1. The van der Waals surface area contributed by atoms with Crippen molar-refractivity contribution in [1.29, 1.82) is 5.26 Å². The summed E-state index contributed by atoms with van der Waals surface area (Å²) in [6.07, 6.45) is 0.514. The van der Waals surface area contributed by atoms with Gasteiger partial charge in [0.15, 0.2) is 17.0 Å². The van der Waals surface area contributed by atoms with Gasteiger partial charge in [-0.25, -0.2) is 29.4 Å². The smallest absolute Gasteiger partial charge is 0.475 e. The van der Waals surface area contributed by atoms with Crippen molar-refractivity contribution in [2.75, 3.05) is 38.2 Å². The molecule has 2 N–H and O–H groups in total. The first kappa shape index (κ1) is 32.3. The van der Waals surface area contributed by atoms with Crippen LogP contribution in [-0.4, -0.2) is 104 Å². The molecule has 4 rings (SSSR count). The van der Waals surface area contributed by atoms with Crippen LogP contribution < -0.4 is 10.4 Å². The molecule has 230 valence electrons. The lowest BCUT2D eigenvalue weighted by Crippen LogP contribution is -2.51. The molecule has 2 aromatic rings. The minimum Gasteiger partial charge on any atom is -0.475 e. The summed E-state index contributed by atoms with van der Waals surface area (Å²) >= 11 is 0. The highest BCUT2D eigenvalue weighted by Gasteiger charge is 2.38. The van der Waals surface area contributed by atoms with Crippen LogP contribution in [0.3, 0.4) is 0 Å². The molecule has 0 aromatic carbocycles. The van der Waals surface area contributed by atoms with E-state index in [0.717, 1.165) is 45.2 Å². The minimum atomic E-state index is -5.08. The first-order valence-corrected chi connectivity index (χ1v) is 13.3. The van der Waals surface area contributed by atoms with Gasteiger partial charge >= 0.3 is 24.3 Å². The molecule has 2 amide bonds. The summed E-state index contributed by atoms with van der Waals surface area (Å²) in [4.78, 5) is 52.0. The van der Waals surface area contributed by atoms with E-state index < -0.39 is 23.8 Å². The third-order valence-corrected chi connectivity index (χ3v) is 6.48. The van der Waals surface area contributed by atoms with E-state index in [-0.39, 0.29) is 29.4 Å². The normalized spacial score (nSPS) is 16.7. The molecule has 0 spiro atoms. The van der Waals surface area contributed by atoms with Crippen LogP contribution in [0.25, 0.3) is 11.2 Å². The fourth-order valence-electron chi connectivity index (χ4n) is 4.45. The van der Waals surface area contributed by atoms with Crippen LogP contribution in [-0.2, 0) is 9.53 Å². The van der Waals surface area contributed by atoms with Crippen molar-refractivity contribution in [3.63, 3.8) is 0 Å². The number of carboxylic acid groups (broad SMARTS) is 1. The summed E-state index contributed by atoms with van der Waals surface area (Å²) < 4.78 is 38.6. The van der Waals surface area contributed by atoms with E-state index in [2.05, 4.69) is 25.3 Å². The number of hydrogen-bond donors (Lipinski definition) is 2. The largest absolute Gasteiger partial charge is 0.490 e. The van der Waals surface area contributed by atoms with E-state index in [0.29, 0.717) is 18.6 Å². The van der Waals surface area contributed by atoms with Crippen LogP contribution in [0.4, 0.5) is 28.6 Å². The summed E-state index contributed by atoms with van der Waals surface area (Å²) in [6.45, 7) is 8.10. The van der Waals surface area contributed by atoms with Gasteiger partial charge in [0, 0.05) is 26.2 Å². The molecule has 14 nitrogen and oxygen atoms in total. The number of aliphatic carboxylic acids is 1. The molecule has 1 aliphatic carbocycles. The van der Waals surface area contributed by atoms with Gasteiger partial charge in [-0.15, -0.1) is 0 Å². The van der Waals surface area contributed by atoms with E-state index in [4.69, 9.17) is 14.6 Å². The number of carboxylic acids is 1. The number of amides is 2. The number of nitrogens with one attached hydrogen (secondary N) is 1. The summed E-state index contributed by atoms with van der Waals surface area (Å²) in [6, 6.07) is 1.68. The SMILES string of the molecule is CN1CCN(C(=O)n2cnc3c(N(NC(=O)OC(C)(C)C)C4CCCCC4)nc(C#N)nc32)CC1.O=C(O)C(F)(F)F. The monoisotopic (exact) mass is 597 g/mol. The molecule has 0 bridgehead atoms. The lowest BCUT2D eigenvalue weighted by atomic mass is 9.95. The number of imidazole rings is 1. The van der Waals surface area contributed by atoms with Gasteiger partial charge in [-0.1, -0.05) is 19.3 Å². The summed E-state index contributed by atoms with van der Waals surface area (Å²) in [7, 11) is 2.02. The van der Waals surface area contributed by atoms with Gasteiger partial charge in [-0.3, -0.25) is 5.01 Å². The average molecular weight is 598 g/mol. The van der Waals surface area contributed by atoms with Gasteiger partial charge in [0.25, 0.3) is 0 Å². The van der Waals surface area contributed by atoms with E-state index in [1.807, 2.05) is 13.1 Å². The highest BCUT2D eigenvalue weighted by Crippen LogP contribution is 2.29. The van der Waals surface area contributed by atoms with Gasteiger partial charge in [-0.05, 0) is 40.7 Å². The second-order valence-corrected chi connectivity index (χ2v) is 10.9. The zero-order valence-electron chi connectivity index (χ0n) is 23.8. The van der Waals surface area contributed by atoms with Crippen molar-refractivity contribution < 1.29 is 37.4 Å². The zero-order valence-corrected chi connectivity index (χ0v) is 23.8. The number of carbonyl (C=O) groups is 3. The maximum absolute atomic E-state index is 13.3. The number of fused-ring (bicyclic) bond motifs is 1. The third-order valence-electron chi connectivity index (χ3n) is 6.48. The maximum Gasteiger partial charge on any atom is 0.490 e. The standard InChI is InChI=1S/C23H33N9O3.C2HF3O2/c1-23(2,3)35-21(33)28-32(16-8-6-5-7-9-16)20-18-19(26-17(14-24)27-20)31(15-25-18)22(34)30-12-10-29(4)11-13-30;3-2(4,5)1(6)7/h15-16H,5-13H2,1-4H3,(H,28,33);(H,6,7). The van der Waals surface area contributed by atoms with Gasteiger partial charge in [0.1, 0.15) is 18.0 Å². The lowest BCUT2D eigenvalue weighted by molar-refractivity contribution is -0.192. The summed E-state index contributed by atoms with van der Waals surface area (Å²) in [5.74, 6) is -2.58. The molecule has 2 aliphatic rings. The van der Waals surface area contributed by atoms with Crippen molar-refractivity contribution in [3.8, 4) is 6.07 Å². The third kappa shape index (κ3) is 8.41. The number of halogens is 3. The highest BCUT2D eigenvalue weighted by atomic mass is 19.4. The predicted molar refractivity (Wildman–Crippen MR) is 142 cm³/mol. The molecule has 1 saturated carbocycles. The van der Waals surface area contributed by atoms with Gasteiger partial charge in [0.2, 0.25) is 5.82 Å². The quantitative estimate of drug-likeness (QED) is 0.498. The number of anilines is 1. The Balaban J connectivity index is 0.000000616. The van der Waals surface area contributed by atoms with E-state index in [9.17, 15) is 28.0 Å². The Bertz CT molecular complexity index is 1320. The van der Waals surface area contributed by atoms with Crippen LogP contribution >= 0.6 is 0 Å². The van der Waals surface area contributed by atoms with Crippen molar-refractivity contribution in [1.82, 2.24) is 34.7 Å². The Morgan fingerprint density at radius 3 is 2.21 bits per heavy atom. The van der Waals surface area contributed by atoms with Gasteiger partial charge in [0.05, 0.1) is 6.04 Å². The fourth-order valence-corrected chi connectivity index (χ4v) is 4.45. The second kappa shape index (κ2) is 13.2. The number of aromatic nitrogens is 4. The fraction of sp³-hybridized carbons (Fsp3) is 0.640. The average Bonchev–Trinajstić information content (AvgIpc) is 3.34.